The van der Waals surface area contributed by atoms with Crippen molar-refractivity contribution in [3.05, 3.63) is 106 Å². The lowest BCUT2D eigenvalue weighted by atomic mass is 10.0. The van der Waals surface area contributed by atoms with Gasteiger partial charge in [-0.3, -0.25) is 0 Å². The molecule has 168 valence electrons. The number of fused-ring (bicyclic) bond motifs is 1. The third-order valence-electron chi connectivity index (χ3n) is 5.99. The quantitative estimate of drug-likeness (QED) is 0.283. The molecule has 33 heavy (non-hydrogen) atoms. The Hall–Kier alpha value is -2.08. The fourth-order valence-electron chi connectivity index (χ4n) is 4.37. The first kappa shape index (κ1) is 22.7. The van der Waals surface area contributed by atoms with E-state index in [0.717, 1.165) is 26.9 Å². The van der Waals surface area contributed by atoms with E-state index in [-0.39, 0.29) is 6.04 Å². The van der Waals surface area contributed by atoms with E-state index < -0.39 is 11.0 Å². The molecule has 0 radical (unpaired) electrons. The van der Waals surface area contributed by atoms with Crippen molar-refractivity contribution in [3.8, 4) is 0 Å². The highest BCUT2D eigenvalue weighted by Crippen LogP contribution is 2.38. The molecule has 0 N–H and O–H groups in total. The Morgan fingerprint density at radius 3 is 2.30 bits per heavy atom. The second kappa shape index (κ2) is 9.65. The first-order valence-corrected chi connectivity index (χ1v) is 12.9. The van der Waals surface area contributed by atoms with Crippen LogP contribution in [0.1, 0.15) is 11.6 Å². The number of hydrogen-bond donors (Lipinski definition) is 0. The summed E-state index contributed by atoms with van der Waals surface area (Å²) in [6, 6.07) is 27.4. The monoisotopic (exact) mass is 514 g/mol. The Morgan fingerprint density at radius 1 is 0.788 bits per heavy atom. The zero-order valence-electron chi connectivity index (χ0n) is 17.6. The van der Waals surface area contributed by atoms with Gasteiger partial charge in [-0.15, -0.1) is 0 Å². The van der Waals surface area contributed by atoms with Crippen LogP contribution < -0.4 is 4.90 Å². The molecule has 2 unspecified atom stereocenters. The van der Waals surface area contributed by atoms with Crippen LogP contribution in [0.25, 0.3) is 10.8 Å². The molecule has 1 aliphatic rings. The molecule has 5 rings (SSSR count). The number of piperazine rings is 1. The first-order valence-electron chi connectivity index (χ1n) is 10.6. The Morgan fingerprint density at radius 2 is 1.52 bits per heavy atom. The topological polar surface area (TPSA) is 23.6 Å². The highest BCUT2D eigenvalue weighted by molar-refractivity contribution is 7.83. The van der Waals surface area contributed by atoms with Gasteiger partial charge in [0.1, 0.15) is 11.0 Å². The van der Waals surface area contributed by atoms with Gasteiger partial charge in [0.15, 0.2) is 0 Å². The normalized spacial score (nSPS) is 17.9. The van der Waals surface area contributed by atoms with Crippen molar-refractivity contribution in [1.29, 1.82) is 0 Å². The number of rotatable bonds is 4. The predicted octanol–water partition coefficient (Wildman–Crippen LogP) is 7.39. The van der Waals surface area contributed by atoms with Crippen LogP contribution in [-0.2, 0) is 11.0 Å². The summed E-state index contributed by atoms with van der Waals surface area (Å²) in [5.74, 6) is 0. The van der Waals surface area contributed by atoms with E-state index in [1.54, 1.807) is 6.07 Å². The molecule has 0 saturated carbocycles. The molecule has 0 amide bonds. The van der Waals surface area contributed by atoms with Crippen molar-refractivity contribution in [2.45, 2.75) is 10.9 Å². The highest BCUT2D eigenvalue weighted by Gasteiger charge is 2.33. The van der Waals surface area contributed by atoms with Crippen LogP contribution in [0.4, 0.5) is 5.69 Å². The van der Waals surface area contributed by atoms with Crippen LogP contribution in [0.15, 0.2) is 89.8 Å². The van der Waals surface area contributed by atoms with Gasteiger partial charge in [-0.1, -0.05) is 83.3 Å². The fraction of sp³-hybridized carbons (Fsp3) is 0.154. The molecule has 1 heterocycles. The van der Waals surface area contributed by atoms with Gasteiger partial charge in [0.2, 0.25) is 0 Å². The largest absolute Gasteiger partial charge is 0.361 e. The molecule has 0 bridgehead atoms. The van der Waals surface area contributed by atoms with Gasteiger partial charge in [0, 0.05) is 29.7 Å². The minimum Gasteiger partial charge on any atom is -0.361 e. The van der Waals surface area contributed by atoms with E-state index in [1.807, 2.05) is 83.2 Å². The Balaban J connectivity index is 1.51. The van der Waals surface area contributed by atoms with E-state index in [1.165, 1.54) is 0 Å². The lowest BCUT2D eigenvalue weighted by molar-refractivity contribution is 0.352. The summed E-state index contributed by atoms with van der Waals surface area (Å²) >= 11 is 18.9. The summed E-state index contributed by atoms with van der Waals surface area (Å²) in [6.07, 6.45) is 0. The summed E-state index contributed by atoms with van der Waals surface area (Å²) in [5, 5.41) is 3.99. The molecule has 0 aromatic heterocycles. The third-order valence-corrected chi connectivity index (χ3v) is 8.31. The lowest BCUT2D eigenvalue weighted by Crippen LogP contribution is -2.49. The molecule has 0 spiro atoms. The average Bonchev–Trinajstić information content (AvgIpc) is 2.84. The van der Waals surface area contributed by atoms with Crippen molar-refractivity contribution < 1.29 is 4.21 Å². The van der Waals surface area contributed by atoms with E-state index in [4.69, 9.17) is 34.8 Å². The molecule has 4 aromatic rings. The Bertz CT molecular complexity index is 1320. The molecule has 0 aliphatic carbocycles. The summed E-state index contributed by atoms with van der Waals surface area (Å²) in [6.45, 7) is 1.89. The average molecular weight is 516 g/mol. The zero-order valence-corrected chi connectivity index (χ0v) is 20.7. The van der Waals surface area contributed by atoms with E-state index in [0.29, 0.717) is 34.7 Å². The molecule has 1 saturated heterocycles. The van der Waals surface area contributed by atoms with Crippen molar-refractivity contribution >= 4 is 62.2 Å². The summed E-state index contributed by atoms with van der Waals surface area (Å²) < 4.78 is 15.8. The molecule has 4 aromatic carbocycles. The van der Waals surface area contributed by atoms with E-state index in [2.05, 4.69) is 4.90 Å². The van der Waals surface area contributed by atoms with Gasteiger partial charge in [-0.05, 0) is 52.7 Å². The maximum absolute atomic E-state index is 13.8. The smallest absolute Gasteiger partial charge is 0.128 e. The van der Waals surface area contributed by atoms with Crippen molar-refractivity contribution in [2.75, 3.05) is 24.5 Å². The van der Waals surface area contributed by atoms with Crippen LogP contribution in [0.2, 0.25) is 15.1 Å². The van der Waals surface area contributed by atoms with Gasteiger partial charge >= 0.3 is 0 Å². The van der Waals surface area contributed by atoms with Crippen LogP contribution in [-0.4, -0.2) is 28.1 Å². The van der Waals surface area contributed by atoms with Gasteiger partial charge in [-0.25, -0.2) is 8.51 Å². The number of nitrogens with zero attached hydrogens (tertiary/aromatic N) is 2. The van der Waals surface area contributed by atoms with E-state index >= 15 is 0 Å². The third kappa shape index (κ3) is 4.64. The lowest BCUT2D eigenvalue weighted by Gasteiger charge is -2.42. The second-order valence-electron chi connectivity index (χ2n) is 7.97. The molecule has 3 nitrogen and oxygen atoms in total. The Kier molecular flexibility index (Phi) is 6.64. The van der Waals surface area contributed by atoms with Crippen LogP contribution in [0.3, 0.4) is 0 Å². The summed E-state index contributed by atoms with van der Waals surface area (Å²) in [5.41, 5.74) is 2.00. The summed E-state index contributed by atoms with van der Waals surface area (Å²) in [7, 11) is -1.30. The molecule has 2 atom stereocenters. The molecule has 1 fully saturated rings. The zero-order chi connectivity index (χ0) is 22.9. The highest BCUT2D eigenvalue weighted by atomic mass is 35.5. The standard InChI is InChI=1S/C26H21Cl3N2OS/c27-20-10-8-19(9-11-20)25-17-30(14-15-31(25)24-13-12-21(28)16-23(24)29)33(32)26-7-3-5-18-4-1-2-6-22(18)26/h1-13,16,25H,14-15,17H2. The minimum absolute atomic E-state index is 0.0476. The second-order valence-corrected chi connectivity index (χ2v) is 10.7. The maximum Gasteiger partial charge on any atom is 0.128 e. The van der Waals surface area contributed by atoms with Gasteiger partial charge in [0.05, 0.1) is 21.6 Å². The van der Waals surface area contributed by atoms with Crippen LogP contribution in [0.5, 0.6) is 0 Å². The number of hydrogen-bond acceptors (Lipinski definition) is 2. The predicted molar refractivity (Wildman–Crippen MR) is 140 cm³/mol. The van der Waals surface area contributed by atoms with Crippen LogP contribution in [0, 0.1) is 0 Å². The molecular weight excluding hydrogens is 495 g/mol. The van der Waals surface area contributed by atoms with Gasteiger partial charge in [0.25, 0.3) is 0 Å². The number of benzene rings is 4. The van der Waals surface area contributed by atoms with Crippen molar-refractivity contribution in [3.63, 3.8) is 0 Å². The van der Waals surface area contributed by atoms with Crippen LogP contribution >= 0.6 is 34.8 Å². The van der Waals surface area contributed by atoms with Crippen molar-refractivity contribution in [1.82, 2.24) is 4.31 Å². The maximum atomic E-state index is 13.8. The van der Waals surface area contributed by atoms with Crippen molar-refractivity contribution in [2.24, 2.45) is 0 Å². The molecule has 1 aliphatic heterocycles. The SMILES string of the molecule is O=S(c1cccc2ccccc12)N1CCN(c2ccc(Cl)cc2Cl)C(c2ccc(Cl)cc2)C1. The van der Waals surface area contributed by atoms with Gasteiger partial charge in [-0.2, -0.15) is 0 Å². The number of anilines is 1. The fourth-order valence-corrected chi connectivity index (χ4v) is 6.38. The molecule has 7 heteroatoms. The minimum atomic E-state index is -1.30. The summed E-state index contributed by atoms with van der Waals surface area (Å²) in [4.78, 5) is 3.10. The Labute approximate surface area is 211 Å². The molecular formula is C26H21Cl3N2OS. The number of halogens is 3. The van der Waals surface area contributed by atoms with Gasteiger partial charge < -0.3 is 4.90 Å². The van der Waals surface area contributed by atoms with E-state index in [9.17, 15) is 4.21 Å². The first-order chi connectivity index (χ1) is 16.0.